The lowest BCUT2D eigenvalue weighted by Gasteiger charge is -2.26. The first kappa shape index (κ1) is 28.2. The van der Waals surface area contributed by atoms with E-state index in [2.05, 4.69) is 35.2 Å². The van der Waals surface area contributed by atoms with Gasteiger partial charge in [0, 0.05) is 34.9 Å². The molecule has 6 nitrogen and oxygen atoms in total. The number of carbonyl (C=O) groups excluding carboxylic acids is 2. The highest BCUT2D eigenvalue weighted by Gasteiger charge is 2.18. The van der Waals surface area contributed by atoms with Crippen LogP contribution in [0.5, 0.6) is 0 Å². The Morgan fingerprint density at radius 1 is 1.19 bits per heavy atom. The fourth-order valence-electron chi connectivity index (χ4n) is 3.40. The minimum atomic E-state index is -0.156. The van der Waals surface area contributed by atoms with Crippen molar-refractivity contribution in [2.75, 3.05) is 30.3 Å². The van der Waals surface area contributed by atoms with Crippen LogP contribution in [0.25, 0.3) is 0 Å². The number of carbonyl (C=O) groups is 2. The fraction of sp³-hybridized carbons (Fsp3) is 0.333. The zero-order chi connectivity index (χ0) is 25.9. The van der Waals surface area contributed by atoms with Crippen molar-refractivity contribution < 1.29 is 14.3 Å². The minimum Gasteiger partial charge on any atom is -0.384 e. The average molecular weight is 546 g/mol. The summed E-state index contributed by atoms with van der Waals surface area (Å²) in [7, 11) is 1.63. The Hall–Kier alpha value is -2.39. The Bertz CT molecular complexity index is 1110. The summed E-state index contributed by atoms with van der Waals surface area (Å²) in [6, 6.07) is 12.9. The second-order valence-corrected chi connectivity index (χ2v) is 10.8. The Morgan fingerprint density at radius 3 is 2.67 bits per heavy atom. The molecule has 1 aliphatic rings. The molecule has 2 N–H and O–H groups in total. The van der Waals surface area contributed by atoms with Gasteiger partial charge < -0.3 is 14.4 Å². The first-order valence-electron chi connectivity index (χ1n) is 11.7. The highest BCUT2D eigenvalue weighted by Crippen LogP contribution is 2.35. The summed E-state index contributed by atoms with van der Waals surface area (Å²) in [5, 5.41) is 3.66. The van der Waals surface area contributed by atoms with Gasteiger partial charge in [-0.25, -0.2) is 0 Å². The molecular formula is C27H32ClN3O3S2. The highest BCUT2D eigenvalue weighted by molar-refractivity contribution is 8.04. The van der Waals surface area contributed by atoms with Gasteiger partial charge in [-0.2, -0.15) is 0 Å². The number of amides is 2. The number of ether oxygens (including phenoxy) is 1. The van der Waals surface area contributed by atoms with Crippen LogP contribution in [0.15, 0.2) is 65.6 Å². The van der Waals surface area contributed by atoms with Crippen molar-refractivity contribution in [3.63, 3.8) is 0 Å². The van der Waals surface area contributed by atoms with E-state index in [0.717, 1.165) is 28.1 Å². The fourth-order valence-corrected chi connectivity index (χ4v) is 5.21. The van der Waals surface area contributed by atoms with Gasteiger partial charge in [0.1, 0.15) is 6.54 Å². The van der Waals surface area contributed by atoms with E-state index in [1.54, 1.807) is 31.2 Å². The lowest BCUT2D eigenvalue weighted by atomic mass is 10.0. The third-order valence-corrected chi connectivity index (χ3v) is 7.72. The average Bonchev–Trinajstić information content (AvgIpc) is 2.88. The molecule has 2 aromatic rings. The van der Waals surface area contributed by atoms with Crippen molar-refractivity contribution in [3.8, 4) is 0 Å². The topological polar surface area (TPSA) is 70.7 Å². The molecule has 2 amide bonds. The van der Waals surface area contributed by atoms with E-state index in [-0.39, 0.29) is 18.4 Å². The van der Waals surface area contributed by atoms with Gasteiger partial charge in [0.25, 0.3) is 5.91 Å². The van der Waals surface area contributed by atoms with E-state index >= 15 is 0 Å². The third kappa shape index (κ3) is 8.62. The number of methoxy groups -OCH3 is 1. The van der Waals surface area contributed by atoms with Gasteiger partial charge in [-0.3, -0.25) is 14.3 Å². The van der Waals surface area contributed by atoms with Crippen molar-refractivity contribution >= 4 is 53.0 Å². The maximum absolute atomic E-state index is 12.9. The minimum absolute atomic E-state index is 0.105. The Balaban J connectivity index is 1.59. The van der Waals surface area contributed by atoms with Crippen LogP contribution in [0.3, 0.4) is 0 Å². The van der Waals surface area contributed by atoms with Gasteiger partial charge in [0.15, 0.2) is 0 Å². The van der Waals surface area contributed by atoms with Crippen molar-refractivity contribution in [2.45, 2.75) is 26.8 Å². The van der Waals surface area contributed by atoms with E-state index in [1.807, 2.05) is 41.6 Å². The number of anilines is 1. The van der Waals surface area contributed by atoms with Crippen LogP contribution >= 0.6 is 35.5 Å². The first-order valence-corrected chi connectivity index (χ1v) is 13.9. The number of nitrogens with one attached hydrogen (secondary N) is 2. The van der Waals surface area contributed by atoms with Crippen molar-refractivity contribution in [1.29, 1.82) is 0 Å². The molecular weight excluding hydrogens is 514 g/mol. The second-order valence-electron chi connectivity index (χ2n) is 8.44. The van der Waals surface area contributed by atoms with Crippen LogP contribution in [0, 0.1) is 12.8 Å². The Labute approximate surface area is 227 Å². The van der Waals surface area contributed by atoms with E-state index in [9.17, 15) is 9.59 Å². The van der Waals surface area contributed by atoms with Gasteiger partial charge in [-0.05, 0) is 78.6 Å². The summed E-state index contributed by atoms with van der Waals surface area (Å²) in [6.45, 7) is 5.26. The second kappa shape index (κ2) is 14.4. The molecule has 3 rings (SSSR count). The van der Waals surface area contributed by atoms with E-state index in [1.165, 1.54) is 11.9 Å². The third-order valence-electron chi connectivity index (χ3n) is 5.55. The molecule has 1 atom stereocenters. The molecule has 0 aromatic heterocycles. The quantitative estimate of drug-likeness (QED) is 0.255. The van der Waals surface area contributed by atoms with E-state index in [0.29, 0.717) is 35.4 Å². The summed E-state index contributed by atoms with van der Waals surface area (Å²) in [4.78, 5) is 26.2. The Morgan fingerprint density at radius 2 is 1.97 bits per heavy atom. The molecule has 1 aliphatic carbocycles. The number of hydrogen-bond donors (Lipinski definition) is 2. The summed E-state index contributed by atoms with van der Waals surface area (Å²) in [5.41, 5.74) is 3.32. The first-order chi connectivity index (χ1) is 17.4. The van der Waals surface area contributed by atoms with Gasteiger partial charge in [0.2, 0.25) is 5.91 Å². The van der Waals surface area contributed by atoms with Gasteiger partial charge in [-0.1, -0.05) is 55.0 Å². The largest absolute Gasteiger partial charge is 0.384 e. The van der Waals surface area contributed by atoms with Crippen LogP contribution in [0.1, 0.15) is 34.8 Å². The lowest BCUT2D eigenvalue weighted by molar-refractivity contribution is -0.119. The molecule has 2 aromatic carbocycles. The predicted molar refractivity (Wildman–Crippen MR) is 152 cm³/mol. The Kier molecular flexibility index (Phi) is 11.3. The molecule has 0 aliphatic heterocycles. The zero-order valence-corrected chi connectivity index (χ0v) is 23.1. The SMILES string of the molecule is COCCSNC(=O)c1ccc(CNC(=O)CN(SC2=CCC(C)C=C2)c2cccc(Cl)c2C)cc1. The molecule has 0 radical (unpaired) electrons. The summed E-state index contributed by atoms with van der Waals surface area (Å²) in [5.74, 6) is 0.942. The highest BCUT2D eigenvalue weighted by atomic mass is 35.5. The zero-order valence-electron chi connectivity index (χ0n) is 20.8. The summed E-state index contributed by atoms with van der Waals surface area (Å²) >= 11 is 9.23. The smallest absolute Gasteiger partial charge is 0.261 e. The molecule has 0 fully saturated rings. The number of hydrogen-bond acceptors (Lipinski definition) is 6. The van der Waals surface area contributed by atoms with Crippen LogP contribution in [0.4, 0.5) is 5.69 Å². The number of nitrogens with zero attached hydrogens (tertiary/aromatic N) is 1. The monoisotopic (exact) mass is 545 g/mol. The summed E-state index contributed by atoms with van der Waals surface area (Å²) in [6.07, 6.45) is 7.48. The number of allylic oxidation sites excluding steroid dienone is 3. The molecule has 0 bridgehead atoms. The van der Waals surface area contributed by atoms with Crippen LogP contribution < -0.4 is 14.3 Å². The van der Waals surface area contributed by atoms with Crippen molar-refractivity contribution in [2.24, 2.45) is 5.92 Å². The van der Waals surface area contributed by atoms with Crippen LogP contribution in [0.2, 0.25) is 5.02 Å². The number of benzene rings is 2. The molecule has 9 heteroatoms. The molecule has 0 saturated carbocycles. The van der Waals surface area contributed by atoms with Gasteiger partial charge in [-0.15, -0.1) is 0 Å². The normalized spacial score (nSPS) is 14.8. The van der Waals surface area contributed by atoms with Crippen molar-refractivity contribution in [3.05, 3.63) is 87.3 Å². The maximum Gasteiger partial charge on any atom is 0.261 e. The van der Waals surface area contributed by atoms with Gasteiger partial charge in [0.05, 0.1) is 12.3 Å². The van der Waals surface area contributed by atoms with E-state index in [4.69, 9.17) is 16.3 Å². The van der Waals surface area contributed by atoms with E-state index < -0.39 is 0 Å². The molecule has 0 heterocycles. The molecule has 0 spiro atoms. The number of rotatable bonds is 12. The maximum atomic E-state index is 12.9. The molecule has 1 unspecified atom stereocenters. The molecule has 192 valence electrons. The predicted octanol–water partition coefficient (Wildman–Crippen LogP) is 5.92. The van der Waals surface area contributed by atoms with Gasteiger partial charge >= 0.3 is 0 Å². The summed E-state index contributed by atoms with van der Waals surface area (Å²) < 4.78 is 9.74. The molecule has 36 heavy (non-hydrogen) atoms. The molecule has 0 saturated heterocycles. The number of halogens is 1. The van der Waals surface area contributed by atoms with Crippen LogP contribution in [-0.2, 0) is 16.1 Å². The lowest BCUT2D eigenvalue weighted by Crippen LogP contribution is -2.34. The van der Waals surface area contributed by atoms with Crippen molar-refractivity contribution in [1.82, 2.24) is 10.0 Å². The van der Waals surface area contributed by atoms with Crippen LogP contribution in [-0.4, -0.2) is 37.8 Å². The standard InChI is InChI=1S/C27H32ClN3O3S2/c1-19-7-13-23(14-8-19)36-31(25-6-4-5-24(28)20(25)2)18-26(32)29-17-21-9-11-22(12-10-21)27(33)30-35-16-15-34-3/h4-7,9-14,19H,8,15-18H2,1-3H3,(H,29,32)(H,30,33).